The predicted molar refractivity (Wildman–Crippen MR) is 74.9 cm³/mol. The maximum Gasteiger partial charge on any atom is 0.231 e. The highest BCUT2D eigenvalue weighted by Crippen LogP contribution is 2.37. The highest BCUT2D eigenvalue weighted by molar-refractivity contribution is 5.46. The van der Waals surface area contributed by atoms with Crippen molar-refractivity contribution in [3.63, 3.8) is 0 Å². The van der Waals surface area contributed by atoms with Crippen molar-refractivity contribution in [2.75, 3.05) is 13.4 Å². The molecule has 2 heterocycles. The van der Waals surface area contributed by atoms with Crippen molar-refractivity contribution in [2.45, 2.75) is 18.8 Å². The smallest absolute Gasteiger partial charge is 0.231 e. The van der Waals surface area contributed by atoms with Crippen LogP contribution in [0.2, 0.25) is 0 Å². The summed E-state index contributed by atoms with van der Waals surface area (Å²) in [5, 5.41) is 9.85. The lowest BCUT2D eigenvalue weighted by molar-refractivity contribution is 0.173. The molecule has 20 heavy (non-hydrogen) atoms. The van der Waals surface area contributed by atoms with Crippen LogP contribution in [-0.2, 0) is 11.8 Å². The third-order valence-electron chi connectivity index (χ3n) is 3.72. The lowest BCUT2D eigenvalue weighted by atomic mass is 9.79. The lowest BCUT2D eigenvalue weighted by Crippen LogP contribution is -2.29. The molecule has 0 radical (unpaired) electrons. The first-order chi connectivity index (χ1) is 9.71. The van der Waals surface area contributed by atoms with E-state index in [0.29, 0.717) is 6.42 Å². The largest absolute Gasteiger partial charge is 0.454 e. The highest BCUT2D eigenvalue weighted by atomic mass is 16.7. The molecule has 0 aliphatic carbocycles. The Labute approximate surface area is 118 Å². The molecule has 1 aliphatic heterocycles. The van der Waals surface area contributed by atoms with Crippen LogP contribution < -0.4 is 9.47 Å². The van der Waals surface area contributed by atoms with E-state index < -0.39 is 5.41 Å². The summed E-state index contributed by atoms with van der Waals surface area (Å²) in [6, 6.07) is 11.6. The van der Waals surface area contributed by atoms with Crippen LogP contribution in [0.25, 0.3) is 0 Å². The zero-order chi connectivity index (χ0) is 14.0. The van der Waals surface area contributed by atoms with Gasteiger partial charge in [-0.15, -0.1) is 0 Å². The minimum absolute atomic E-state index is 0.0449. The Morgan fingerprint density at radius 2 is 2.05 bits per heavy atom. The van der Waals surface area contributed by atoms with E-state index in [1.165, 1.54) is 0 Å². The van der Waals surface area contributed by atoms with Crippen LogP contribution in [0, 0.1) is 0 Å². The Bertz CT molecular complexity index is 600. The molecule has 1 aromatic carbocycles. The molecule has 1 aromatic heterocycles. The molecule has 0 saturated heterocycles. The molecular formula is C16H17NO3. The first-order valence-corrected chi connectivity index (χ1v) is 6.62. The first-order valence-electron chi connectivity index (χ1n) is 6.62. The summed E-state index contributed by atoms with van der Waals surface area (Å²) in [6.45, 7) is 2.33. The average molecular weight is 271 g/mol. The Kier molecular flexibility index (Phi) is 3.32. The maximum atomic E-state index is 9.85. The van der Waals surface area contributed by atoms with Gasteiger partial charge in [0, 0.05) is 23.7 Å². The number of hydrogen-bond donors (Lipinski definition) is 1. The van der Waals surface area contributed by atoms with E-state index in [9.17, 15) is 5.11 Å². The molecule has 0 fully saturated rings. The van der Waals surface area contributed by atoms with Gasteiger partial charge in [-0.25, -0.2) is 0 Å². The average Bonchev–Trinajstić information content (AvgIpc) is 2.95. The van der Waals surface area contributed by atoms with Crippen LogP contribution >= 0.6 is 0 Å². The third kappa shape index (κ3) is 2.34. The number of rotatable bonds is 4. The van der Waals surface area contributed by atoms with E-state index in [1.807, 2.05) is 43.3 Å². The molecule has 4 nitrogen and oxygen atoms in total. The molecule has 4 heteroatoms. The van der Waals surface area contributed by atoms with Gasteiger partial charge >= 0.3 is 0 Å². The van der Waals surface area contributed by atoms with Gasteiger partial charge in [-0.1, -0.05) is 19.1 Å². The fourth-order valence-electron chi connectivity index (χ4n) is 2.42. The van der Waals surface area contributed by atoms with Crippen molar-refractivity contribution in [1.82, 2.24) is 4.98 Å². The Morgan fingerprint density at radius 3 is 2.80 bits per heavy atom. The minimum Gasteiger partial charge on any atom is -0.454 e. The predicted octanol–water partition coefficient (Wildman–Crippen LogP) is 2.30. The van der Waals surface area contributed by atoms with Gasteiger partial charge in [0.2, 0.25) is 6.79 Å². The van der Waals surface area contributed by atoms with Gasteiger partial charge < -0.3 is 14.6 Å². The number of ether oxygens (including phenoxy) is 2. The van der Waals surface area contributed by atoms with Gasteiger partial charge in [0.1, 0.15) is 0 Å². The summed E-state index contributed by atoms with van der Waals surface area (Å²) < 4.78 is 10.7. The van der Waals surface area contributed by atoms with Gasteiger partial charge in [0.05, 0.1) is 6.61 Å². The third-order valence-corrected chi connectivity index (χ3v) is 3.72. The van der Waals surface area contributed by atoms with Crippen LogP contribution in [0.3, 0.4) is 0 Å². The minimum atomic E-state index is -0.394. The Hall–Kier alpha value is -2.07. The van der Waals surface area contributed by atoms with Crippen molar-refractivity contribution in [3.8, 4) is 11.5 Å². The fourth-order valence-corrected chi connectivity index (χ4v) is 2.42. The SMILES string of the molecule is CC(CO)(Cc1ccccn1)c1ccc2c(c1)OCO2. The number of nitrogens with zero attached hydrogens (tertiary/aromatic N) is 1. The number of benzene rings is 1. The second kappa shape index (κ2) is 5.13. The molecule has 0 saturated carbocycles. The topological polar surface area (TPSA) is 51.6 Å². The molecule has 0 bridgehead atoms. The quantitative estimate of drug-likeness (QED) is 0.927. The molecule has 0 spiro atoms. The second-order valence-corrected chi connectivity index (χ2v) is 5.28. The normalized spacial score (nSPS) is 15.9. The van der Waals surface area contributed by atoms with E-state index in [4.69, 9.17) is 9.47 Å². The standard InChI is InChI=1S/C16H17NO3/c1-16(10-18,9-13-4-2-3-7-17-13)12-5-6-14-15(8-12)20-11-19-14/h2-8,18H,9-11H2,1H3. The molecule has 1 atom stereocenters. The van der Waals surface area contributed by atoms with E-state index in [0.717, 1.165) is 22.8 Å². The summed E-state index contributed by atoms with van der Waals surface area (Å²) >= 11 is 0. The zero-order valence-corrected chi connectivity index (χ0v) is 11.4. The summed E-state index contributed by atoms with van der Waals surface area (Å²) in [5.41, 5.74) is 1.59. The van der Waals surface area contributed by atoms with Crippen LogP contribution in [0.5, 0.6) is 11.5 Å². The number of hydrogen-bond acceptors (Lipinski definition) is 4. The van der Waals surface area contributed by atoms with E-state index in [1.54, 1.807) is 6.20 Å². The summed E-state index contributed by atoms with van der Waals surface area (Å²) in [4.78, 5) is 4.34. The van der Waals surface area contributed by atoms with Crippen molar-refractivity contribution < 1.29 is 14.6 Å². The van der Waals surface area contributed by atoms with Gasteiger partial charge in [0.15, 0.2) is 11.5 Å². The fraction of sp³-hybridized carbons (Fsp3) is 0.312. The molecule has 1 N–H and O–H groups in total. The van der Waals surface area contributed by atoms with E-state index in [-0.39, 0.29) is 13.4 Å². The molecule has 2 aromatic rings. The maximum absolute atomic E-state index is 9.85. The van der Waals surface area contributed by atoms with Crippen molar-refractivity contribution >= 4 is 0 Å². The van der Waals surface area contributed by atoms with Crippen LogP contribution in [0.1, 0.15) is 18.2 Å². The summed E-state index contributed by atoms with van der Waals surface area (Å²) in [7, 11) is 0. The molecule has 1 unspecified atom stereocenters. The molecule has 104 valence electrons. The second-order valence-electron chi connectivity index (χ2n) is 5.28. The van der Waals surface area contributed by atoms with Gasteiger partial charge in [0.25, 0.3) is 0 Å². The van der Waals surface area contributed by atoms with Crippen molar-refractivity contribution in [3.05, 3.63) is 53.9 Å². The van der Waals surface area contributed by atoms with Gasteiger partial charge in [-0.05, 0) is 29.8 Å². The highest BCUT2D eigenvalue weighted by Gasteiger charge is 2.29. The summed E-state index contributed by atoms with van der Waals surface area (Å²) in [6.07, 6.45) is 2.44. The number of aliphatic hydroxyl groups excluding tert-OH is 1. The molecule has 3 rings (SSSR count). The molecule has 0 amide bonds. The lowest BCUT2D eigenvalue weighted by Gasteiger charge is -2.27. The number of pyridine rings is 1. The zero-order valence-electron chi connectivity index (χ0n) is 11.4. The number of aromatic nitrogens is 1. The van der Waals surface area contributed by atoms with Crippen LogP contribution in [0.4, 0.5) is 0 Å². The van der Waals surface area contributed by atoms with Crippen LogP contribution in [0.15, 0.2) is 42.6 Å². The first kappa shape index (κ1) is 12.9. The molecule has 1 aliphatic rings. The van der Waals surface area contributed by atoms with Gasteiger partial charge in [-0.3, -0.25) is 4.98 Å². The summed E-state index contributed by atoms with van der Waals surface area (Å²) in [5.74, 6) is 1.50. The monoisotopic (exact) mass is 271 g/mol. The van der Waals surface area contributed by atoms with Gasteiger partial charge in [-0.2, -0.15) is 0 Å². The number of aliphatic hydroxyl groups is 1. The van der Waals surface area contributed by atoms with Crippen LogP contribution in [-0.4, -0.2) is 23.5 Å². The number of fused-ring (bicyclic) bond motifs is 1. The Balaban J connectivity index is 1.92. The van der Waals surface area contributed by atoms with E-state index >= 15 is 0 Å². The van der Waals surface area contributed by atoms with Crippen molar-refractivity contribution in [1.29, 1.82) is 0 Å². The Morgan fingerprint density at radius 1 is 1.20 bits per heavy atom. The van der Waals surface area contributed by atoms with E-state index in [2.05, 4.69) is 4.98 Å². The molecular weight excluding hydrogens is 254 g/mol. The van der Waals surface area contributed by atoms with Crippen molar-refractivity contribution in [2.24, 2.45) is 0 Å².